The van der Waals surface area contributed by atoms with Crippen LogP contribution in [0.3, 0.4) is 0 Å². The fraction of sp³-hybridized carbons (Fsp3) is 0.111. The summed E-state index contributed by atoms with van der Waals surface area (Å²) in [6, 6.07) is 17.9. The van der Waals surface area contributed by atoms with Gasteiger partial charge >= 0.3 is 0 Å². The first-order chi connectivity index (χ1) is 10.7. The monoisotopic (exact) mass is 307 g/mol. The highest BCUT2D eigenvalue weighted by Gasteiger charge is 2.20. The van der Waals surface area contributed by atoms with E-state index in [0.717, 1.165) is 28.2 Å². The number of nitriles is 1. The van der Waals surface area contributed by atoms with Crippen LogP contribution >= 0.6 is 11.6 Å². The molecule has 2 aromatic rings. The topological polar surface area (TPSA) is 39.4 Å². The molecule has 0 fully saturated rings. The number of benzene rings is 2. The maximum Gasteiger partial charge on any atom is 0.0931 e. The van der Waals surface area contributed by atoms with Crippen molar-refractivity contribution in [3.05, 3.63) is 76.5 Å². The largest absolute Gasteiger partial charge is 0.345 e. The van der Waals surface area contributed by atoms with Crippen molar-refractivity contribution in [3.63, 3.8) is 0 Å². The van der Waals surface area contributed by atoms with Crippen LogP contribution < -0.4 is 4.90 Å². The third kappa shape index (κ3) is 2.61. The van der Waals surface area contributed by atoms with Gasteiger partial charge in [0.25, 0.3) is 0 Å². The maximum atomic E-state index is 8.98. The number of rotatable bonds is 1. The van der Waals surface area contributed by atoms with E-state index in [9.17, 15) is 0 Å². The Morgan fingerprint density at radius 3 is 2.73 bits per heavy atom. The van der Waals surface area contributed by atoms with E-state index < -0.39 is 0 Å². The predicted molar refractivity (Wildman–Crippen MR) is 90.5 cm³/mol. The summed E-state index contributed by atoms with van der Waals surface area (Å²) in [5, 5.41) is 9.65. The lowest BCUT2D eigenvalue weighted by atomic mass is 10.0. The molecule has 0 unspecified atom stereocenters. The minimum atomic E-state index is 0.459. The summed E-state index contributed by atoms with van der Waals surface area (Å²) in [7, 11) is 1.94. The average molecular weight is 308 g/mol. The van der Waals surface area contributed by atoms with Crippen LogP contribution in [0.25, 0.3) is 0 Å². The zero-order valence-electron chi connectivity index (χ0n) is 12.1. The molecule has 1 aliphatic heterocycles. The van der Waals surface area contributed by atoms with Crippen molar-refractivity contribution >= 4 is 23.0 Å². The fourth-order valence-electron chi connectivity index (χ4n) is 2.56. The Hall–Kier alpha value is -2.57. The standard InChI is InChI=1S/C18H14ClN3/c1-22-15(9-10-20)12-21-18(13-5-3-2-4-6-13)16-11-14(19)7-8-17(16)22/h2-9,11H,12H2,1H3/b15-9-. The SMILES string of the molecule is CN1/C(=C\C#N)CN=C(c2ccccc2)c2cc(Cl)ccc21. The smallest absolute Gasteiger partial charge is 0.0931 e. The molecule has 0 atom stereocenters. The summed E-state index contributed by atoms with van der Waals surface area (Å²) in [4.78, 5) is 6.72. The number of benzodiazepines with no additional fused rings is 1. The van der Waals surface area contributed by atoms with Crippen LogP contribution in [0.15, 0.2) is 65.3 Å². The van der Waals surface area contributed by atoms with Gasteiger partial charge < -0.3 is 4.90 Å². The lowest BCUT2D eigenvalue weighted by molar-refractivity contribution is 1.02. The van der Waals surface area contributed by atoms with Gasteiger partial charge in [0.2, 0.25) is 0 Å². The maximum absolute atomic E-state index is 8.98. The third-order valence-electron chi connectivity index (χ3n) is 3.68. The van der Waals surface area contributed by atoms with Crippen molar-refractivity contribution in [2.75, 3.05) is 18.5 Å². The molecule has 2 aromatic carbocycles. The van der Waals surface area contributed by atoms with Gasteiger partial charge in [-0.1, -0.05) is 41.9 Å². The van der Waals surface area contributed by atoms with Crippen LogP contribution in [0, 0.1) is 11.3 Å². The van der Waals surface area contributed by atoms with Crippen molar-refractivity contribution < 1.29 is 0 Å². The van der Waals surface area contributed by atoms with E-state index in [0.29, 0.717) is 11.6 Å². The van der Waals surface area contributed by atoms with Crippen LogP contribution in [0.2, 0.25) is 5.02 Å². The third-order valence-corrected chi connectivity index (χ3v) is 3.92. The highest BCUT2D eigenvalue weighted by Crippen LogP contribution is 2.31. The van der Waals surface area contributed by atoms with Gasteiger partial charge in [0.1, 0.15) is 0 Å². The van der Waals surface area contributed by atoms with Crippen molar-refractivity contribution in [1.29, 1.82) is 5.26 Å². The molecule has 3 rings (SSSR count). The highest BCUT2D eigenvalue weighted by atomic mass is 35.5. The molecule has 0 amide bonds. The molecular formula is C18H14ClN3. The number of allylic oxidation sites excluding steroid dienone is 1. The number of nitrogens with zero attached hydrogens (tertiary/aromatic N) is 3. The second kappa shape index (κ2) is 6.05. The van der Waals surface area contributed by atoms with E-state index in [1.165, 1.54) is 6.08 Å². The Kier molecular flexibility index (Phi) is 3.95. The van der Waals surface area contributed by atoms with E-state index in [1.807, 2.05) is 60.5 Å². The number of aliphatic imine (C=N–C) groups is 1. The number of hydrogen-bond donors (Lipinski definition) is 0. The van der Waals surface area contributed by atoms with Crippen molar-refractivity contribution in [2.45, 2.75) is 0 Å². The molecule has 0 radical (unpaired) electrons. The second-order valence-corrected chi connectivity index (χ2v) is 5.45. The zero-order valence-corrected chi connectivity index (χ0v) is 12.9. The van der Waals surface area contributed by atoms with Gasteiger partial charge in [-0.25, -0.2) is 0 Å². The van der Waals surface area contributed by atoms with Gasteiger partial charge in [-0.2, -0.15) is 5.26 Å². The summed E-state index contributed by atoms with van der Waals surface area (Å²) in [5.41, 5.74) is 4.76. The molecule has 0 bridgehead atoms. The molecular weight excluding hydrogens is 294 g/mol. The fourth-order valence-corrected chi connectivity index (χ4v) is 2.73. The Morgan fingerprint density at radius 2 is 2.00 bits per heavy atom. The Bertz CT molecular complexity index is 801. The minimum absolute atomic E-state index is 0.459. The minimum Gasteiger partial charge on any atom is -0.345 e. The van der Waals surface area contributed by atoms with Crippen molar-refractivity contribution in [1.82, 2.24) is 0 Å². The normalized spacial score (nSPS) is 15.8. The van der Waals surface area contributed by atoms with Crippen molar-refractivity contribution in [3.8, 4) is 6.07 Å². The van der Waals surface area contributed by atoms with Gasteiger partial charge in [0.15, 0.2) is 0 Å². The molecule has 1 aliphatic rings. The molecule has 0 N–H and O–H groups in total. The molecule has 3 nitrogen and oxygen atoms in total. The first-order valence-electron chi connectivity index (χ1n) is 6.93. The van der Waals surface area contributed by atoms with E-state index in [-0.39, 0.29) is 0 Å². The lowest BCUT2D eigenvalue weighted by Crippen LogP contribution is -2.18. The van der Waals surface area contributed by atoms with Crippen LogP contribution in [0.1, 0.15) is 11.1 Å². The van der Waals surface area contributed by atoms with Crippen LogP contribution in [0.4, 0.5) is 5.69 Å². The van der Waals surface area contributed by atoms with E-state index >= 15 is 0 Å². The van der Waals surface area contributed by atoms with Gasteiger partial charge in [-0.3, -0.25) is 4.99 Å². The number of likely N-dealkylation sites (N-methyl/N-ethyl adjacent to an activating group) is 1. The van der Waals surface area contributed by atoms with Gasteiger partial charge in [-0.05, 0) is 18.2 Å². The van der Waals surface area contributed by atoms with Crippen LogP contribution in [-0.2, 0) is 0 Å². The van der Waals surface area contributed by atoms with Gasteiger partial charge in [-0.15, -0.1) is 0 Å². The molecule has 0 spiro atoms. The summed E-state index contributed by atoms with van der Waals surface area (Å²) in [5.74, 6) is 0. The molecule has 108 valence electrons. The molecule has 0 saturated carbocycles. The number of anilines is 1. The second-order valence-electron chi connectivity index (χ2n) is 5.02. The molecule has 0 saturated heterocycles. The van der Waals surface area contributed by atoms with Gasteiger partial charge in [0.05, 0.1) is 24.0 Å². The predicted octanol–water partition coefficient (Wildman–Crippen LogP) is 4.03. The first-order valence-corrected chi connectivity index (χ1v) is 7.30. The number of halogens is 1. The highest BCUT2D eigenvalue weighted by molar-refractivity contribution is 6.31. The number of fused-ring (bicyclic) bond motifs is 1. The molecule has 1 heterocycles. The van der Waals surface area contributed by atoms with Crippen LogP contribution in [-0.4, -0.2) is 19.3 Å². The van der Waals surface area contributed by atoms with Crippen molar-refractivity contribution in [2.24, 2.45) is 4.99 Å². The van der Waals surface area contributed by atoms with Gasteiger partial charge in [0, 0.05) is 35.0 Å². The molecule has 4 heteroatoms. The summed E-state index contributed by atoms with van der Waals surface area (Å²) >= 11 is 6.19. The van der Waals surface area contributed by atoms with Crippen LogP contribution in [0.5, 0.6) is 0 Å². The molecule has 0 aliphatic carbocycles. The zero-order chi connectivity index (χ0) is 15.5. The Balaban J connectivity index is 2.23. The Labute approximate surface area is 134 Å². The molecule has 22 heavy (non-hydrogen) atoms. The van der Waals surface area contributed by atoms with E-state index in [2.05, 4.69) is 6.07 Å². The van der Waals surface area contributed by atoms with E-state index in [1.54, 1.807) is 0 Å². The molecule has 0 aromatic heterocycles. The lowest BCUT2D eigenvalue weighted by Gasteiger charge is -2.21. The summed E-state index contributed by atoms with van der Waals surface area (Å²) < 4.78 is 0. The first kappa shape index (κ1) is 14.4. The Morgan fingerprint density at radius 1 is 1.23 bits per heavy atom. The van der Waals surface area contributed by atoms with E-state index in [4.69, 9.17) is 21.9 Å². The number of hydrogen-bond acceptors (Lipinski definition) is 3. The summed E-state index contributed by atoms with van der Waals surface area (Å²) in [6.07, 6.45) is 1.54. The quantitative estimate of drug-likeness (QED) is 0.746. The average Bonchev–Trinajstić information content (AvgIpc) is 2.66. The summed E-state index contributed by atoms with van der Waals surface area (Å²) in [6.45, 7) is 0.459.